The van der Waals surface area contributed by atoms with Crippen LogP contribution < -0.4 is 5.32 Å². The van der Waals surface area contributed by atoms with Gasteiger partial charge in [0.25, 0.3) is 5.91 Å². The Balaban J connectivity index is 2.19. The highest BCUT2D eigenvalue weighted by Crippen LogP contribution is 2.06. The van der Waals surface area contributed by atoms with E-state index in [1.54, 1.807) is 0 Å². The lowest BCUT2D eigenvalue weighted by atomic mass is 10.4. The molecule has 0 radical (unpaired) electrons. The van der Waals surface area contributed by atoms with Crippen molar-refractivity contribution in [3.63, 3.8) is 0 Å². The van der Waals surface area contributed by atoms with Gasteiger partial charge in [0.15, 0.2) is 5.69 Å². The van der Waals surface area contributed by atoms with Gasteiger partial charge in [-0.1, -0.05) is 0 Å². The zero-order valence-corrected chi connectivity index (χ0v) is 8.47. The summed E-state index contributed by atoms with van der Waals surface area (Å²) in [5.74, 6) is -0.161. The first-order valence-corrected chi connectivity index (χ1v) is 4.52. The molecule has 0 spiro atoms. The Bertz CT molecular complexity index is 514. The molecule has 0 unspecified atom stereocenters. The van der Waals surface area contributed by atoms with Crippen LogP contribution >= 0.6 is 0 Å². The number of imidazole rings is 1. The first kappa shape index (κ1) is 10.1. The molecule has 16 heavy (non-hydrogen) atoms. The third-order valence-corrected chi connectivity index (χ3v) is 1.85. The number of anilines is 1. The molecule has 82 valence electrons. The second-order valence-electron chi connectivity index (χ2n) is 3.12. The lowest BCUT2D eigenvalue weighted by molar-refractivity contribution is -0.114. The third kappa shape index (κ3) is 1.97. The molecule has 0 bridgehead atoms. The first-order valence-electron chi connectivity index (χ1n) is 4.52. The van der Waals surface area contributed by atoms with E-state index in [9.17, 15) is 9.59 Å². The van der Waals surface area contributed by atoms with Gasteiger partial charge >= 0.3 is 0 Å². The van der Waals surface area contributed by atoms with Crippen LogP contribution in [0.4, 0.5) is 5.82 Å². The number of aromatic amines is 1. The van der Waals surface area contributed by atoms with Gasteiger partial charge in [0.05, 0.1) is 0 Å². The van der Waals surface area contributed by atoms with Gasteiger partial charge in [-0.05, 0) is 0 Å². The number of carbonyl (C=O) groups excluding carboxylic acids is 2. The number of aromatic nitrogens is 4. The topological polar surface area (TPSA) is 92.7 Å². The number of carbonyl (C=O) groups is 2. The monoisotopic (exact) mass is 219 g/mol. The van der Waals surface area contributed by atoms with Crippen LogP contribution in [0, 0.1) is 0 Å². The number of hydrogen-bond donors (Lipinski definition) is 2. The van der Waals surface area contributed by atoms with E-state index in [0.717, 1.165) is 0 Å². The lowest BCUT2D eigenvalue weighted by Crippen LogP contribution is -2.10. The molecule has 0 aliphatic heterocycles. The number of nitrogens with one attached hydrogen (secondary N) is 2. The summed E-state index contributed by atoms with van der Waals surface area (Å²) in [6.07, 6.45) is 4.41. The average molecular weight is 219 g/mol. The van der Waals surface area contributed by atoms with Gasteiger partial charge in [-0.2, -0.15) is 5.10 Å². The molecule has 2 aromatic rings. The predicted molar refractivity (Wildman–Crippen MR) is 54.8 cm³/mol. The van der Waals surface area contributed by atoms with E-state index in [1.807, 2.05) is 0 Å². The van der Waals surface area contributed by atoms with E-state index in [0.29, 0.717) is 5.82 Å². The normalized spacial score (nSPS) is 10.1. The van der Waals surface area contributed by atoms with Gasteiger partial charge in [-0.3, -0.25) is 19.3 Å². The number of rotatable bonds is 2. The van der Waals surface area contributed by atoms with Crippen LogP contribution in [-0.4, -0.2) is 31.6 Å². The molecule has 7 nitrogen and oxygen atoms in total. The van der Waals surface area contributed by atoms with Crippen molar-refractivity contribution >= 4 is 17.6 Å². The molecule has 2 heterocycles. The molecular formula is C9H9N5O2. The molecule has 2 aromatic heterocycles. The van der Waals surface area contributed by atoms with Crippen molar-refractivity contribution in [1.29, 1.82) is 0 Å². The lowest BCUT2D eigenvalue weighted by Gasteiger charge is -1.95. The summed E-state index contributed by atoms with van der Waals surface area (Å²) in [7, 11) is 0. The maximum Gasteiger partial charge on any atom is 0.283 e. The fourth-order valence-electron chi connectivity index (χ4n) is 1.20. The predicted octanol–water partition coefficient (Wildman–Crippen LogP) is 0.253. The minimum absolute atomic E-state index is 0.210. The summed E-state index contributed by atoms with van der Waals surface area (Å²) in [6, 6.07) is 1.46. The van der Waals surface area contributed by atoms with Crippen molar-refractivity contribution < 1.29 is 9.59 Å². The first-order chi connectivity index (χ1) is 7.66. The molecule has 0 saturated heterocycles. The van der Waals surface area contributed by atoms with Crippen LogP contribution in [0.1, 0.15) is 17.4 Å². The third-order valence-electron chi connectivity index (χ3n) is 1.85. The fraction of sp³-hybridized carbons (Fsp3) is 0.111. The van der Waals surface area contributed by atoms with E-state index >= 15 is 0 Å². The standard InChI is InChI=1S/C9H9N5O2/c1-6(15)11-8-4-7(12-13-8)9(16)14-3-2-10-5-14/h2-5H,1H3,(H2,11,12,13,15). The van der Waals surface area contributed by atoms with Gasteiger partial charge in [-0.25, -0.2) is 4.98 Å². The van der Waals surface area contributed by atoms with Crippen molar-refractivity contribution in [3.05, 3.63) is 30.5 Å². The summed E-state index contributed by atoms with van der Waals surface area (Å²) >= 11 is 0. The summed E-state index contributed by atoms with van der Waals surface area (Å²) in [5.41, 5.74) is 0.210. The zero-order chi connectivity index (χ0) is 11.5. The Hall–Kier alpha value is -2.44. The molecule has 0 saturated carbocycles. The molecule has 2 rings (SSSR count). The molecule has 0 fully saturated rings. The van der Waals surface area contributed by atoms with Crippen molar-refractivity contribution in [2.75, 3.05) is 5.32 Å². The zero-order valence-electron chi connectivity index (χ0n) is 8.47. The molecule has 0 aromatic carbocycles. The Morgan fingerprint density at radius 3 is 2.94 bits per heavy atom. The molecule has 0 aliphatic rings. The van der Waals surface area contributed by atoms with E-state index in [2.05, 4.69) is 20.5 Å². The summed E-state index contributed by atoms with van der Waals surface area (Å²) in [6.45, 7) is 1.37. The van der Waals surface area contributed by atoms with Gasteiger partial charge in [0, 0.05) is 25.4 Å². The van der Waals surface area contributed by atoms with Crippen LogP contribution in [0.25, 0.3) is 0 Å². The summed E-state index contributed by atoms with van der Waals surface area (Å²) in [4.78, 5) is 26.3. The van der Waals surface area contributed by atoms with Gasteiger partial charge in [0.2, 0.25) is 5.91 Å². The maximum atomic E-state index is 11.7. The quantitative estimate of drug-likeness (QED) is 0.757. The Kier molecular flexibility index (Phi) is 2.50. The van der Waals surface area contributed by atoms with Gasteiger partial charge < -0.3 is 5.32 Å². The van der Waals surface area contributed by atoms with Gasteiger partial charge in [-0.15, -0.1) is 0 Å². The molecule has 2 N–H and O–H groups in total. The van der Waals surface area contributed by atoms with Crippen LogP contribution in [-0.2, 0) is 4.79 Å². The highest BCUT2D eigenvalue weighted by atomic mass is 16.2. The average Bonchev–Trinajstić information content (AvgIpc) is 2.84. The number of hydrogen-bond acceptors (Lipinski definition) is 4. The van der Waals surface area contributed by atoms with Crippen molar-refractivity contribution in [3.8, 4) is 0 Å². The Morgan fingerprint density at radius 2 is 2.31 bits per heavy atom. The van der Waals surface area contributed by atoms with Gasteiger partial charge in [0.1, 0.15) is 12.1 Å². The summed E-state index contributed by atoms with van der Waals surface area (Å²) in [5, 5.41) is 8.82. The fourth-order valence-corrected chi connectivity index (χ4v) is 1.20. The van der Waals surface area contributed by atoms with E-state index < -0.39 is 0 Å². The van der Waals surface area contributed by atoms with Crippen molar-refractivity contribution in [2.45, 2.75) is 6.92 Å². The summed E-state index contributed by atoms with van der Waals surface area (Å²) < 4.78 is 1.30. The second kappa shape index (κ2) is 3.97. The molecule has 7 heteroatoms. The second-order valence-corrected chi connectivity index (χ2v) is 3.12. The number of nitrogens with zero attached hydrogens (tertiary/aromatic N) is 3. The Morgan fingerprint density at radius 1 is 1.50 bits per heavy atom. The molecule has 1 amide bonds. The smallest absolute Gasteiger partial charge is 0.283 e. The maximum absolute atomic E-state index is 11.7. The molecule has 0 aliphatic carbocycles. The Labute approximate surface area is 90.5 Å². The minimum atomic E-state index is -0.314. The van der Waals surface area contributed by atoms with E-state index in [1.165, 1.54) is 36.3 Å². The SMILES string of the molecule is CC(=O)Nc1cc(C(=O)n2ccnc2)n[nH]1. The largest absolute Gasteiger partial charge is 0.311 e. The number of H-pyrrole nitrogens is 1. The number of amides is 1. The van der Waals surface area contributed by atoms with Crippen LogP contribution in [0.15, 0.2) is 24.8 Å². The van der Waals surface area contributed by atoms with Crippen molar-refractivity contribution in [2.24, 2.45) is 0 Å². The van der Waals surface area contributed by atoms with Crippen LogP contribution in [0.2, 0.25) is 0 Å². The van der Waals surface area contributed by atoms with Crippen LogP contribution in [0.3, 0.4) is 0 Å². The minimum Gasteiger partial charge on any atom is -0.311 e. The molecule has 0 atom stereocenters. The highest BCUT2D eigenvalue weighted by molar-refractivity contribution is 5.96. The van der Waals surface area contributed by atoms with E-state index in [-0.39, 0.29) is 17.5 Å². The van der Waals surface area contributed by atoms with Crippen molar-refractivity contribution in [1.82, 2.24) is 19.7 Å². The molecular weight excluding hydrogens is 210 g/mol. The van der Waals surface area contributed by atoms with Crippen LogP contribution in [0.5, 0.6) is 0 Å². The van der Waals surface area contributed by atoms with E-state index in [4.69, 9.17) is 0 Å². The highest BCUT2D eigenvalue weighted by Gasteiger charge is 2.12.